The Kier molecular flexibility index (Phi) is 4.60. The van der Waals surface area contributed by atoms with E-state index in [2.05, 4.69) is 5.32 Å². The second-order valence-electron chi connectivity index (χ2n) is 4.54. The van der Waals surface area contributed by atoms with E-state index in [0.29, 0.717) is 6.54 Å². The molecule has 0 aliphatic rings. The van der Waals surface area contributed by atoms with Gasteiger partial charge in [0.1, 0.15) is 11.5 Å². The highest BCUT2D eigenvalue weighted by atomic mass is 16.5. The summed E-state index contributed by atoms with van der Waals surface area (Å²) in [5.74, 6) is -0.0785. The van der Waals surface area contributed by atoms with E-state index in [9.17, 15) is 9.90 Å². The standard InChI is InChI=1S/C16H17NO3/c1-12(16(18)19)11-17-13-7-9-15(10-8-13)20-14-5-3-2-4-6-14/h2-10,12,17H,11H2,1H3,(H,18,19)/p-1. The number of hydrogen-bond acceptors (Lipinski definition) is 4. The molecule has 0 amide bonds. The van der Waals surface area contributed by atoms with Crippen molar-refractivity contribution in [3.63, 3.8) is 0 Å². The van der Waals surface area contributed by atoms with Gasteiger partial charge in [0.2, 0.25) is 0 Å². The summed E-state index contributed by atoms with van der Waals surface area (Å²) < 4.78 is 5.67. The summed E-state index contributed by atoms with van der Waals surface area (Å²) >= 11 is 0. The Hall–Kier alpha value is -2.49. The number of aliphatic carboxylic acids is 1. The summed E-state index contributed by atoms with van der Waals surface area (Å²) in [5, 5.41) is 13.6. The van der Waals surface area contributed by atoms with Gasteiger partial charge in [-0.15, -0.1) is 0 Å². The molecule has 0 spiro atoms. The number of carboxylic acids is 1. The summed E-state index contributed by atoms with van der Waals surface area (Å²) in [7, 11) is 0. The topological polar surface area (TPSA) is 61.4 Å². The zero-order chi connectivity index (χ0) is 14.4. The average molecular weight is 270 g/mol. The molecule has 0 saturated heterocycles. The zero-order valence-corrected chi connectivity index (χ0v) is 11.2. The van der Waals surface area contributed by atoms with Crippen LogP contribution in [0.3, 0.4) is 0 Å². The smallest absolute Gasteiger partial charge is 0.127 e. The lowest BCUT2D eigenvalue weighted by Gasteiger charge is -2.14. The maximum absolute atomic E-state index is 10.6. The Morgan fingerprint density at radius 1 is 1.10 bits per heavy atom. The van der Waals surface area contributed by atoms with Crippen molar-refractivity contribution in [1.29, 1.82) is 0 Å². The van der Waals surface area contributed by atoms with E-state index in [1.807, 2.05) is 54.6 Å². The first-order valence-corrected chi connectivity index (χ1v) is 6.43. The van der Waals surface area contributed by atoms with E-state index >= 15 is 0 Å². The van der Waals surface area contributed by atoms with E-state index in [-0.39, 0.29) is 0 Å². The van der Waals surface area contributed by atoms with Crippen molar-refractivity contribution in [3.8, 4) is 11.5 Å². The number of carbonyl (C=O) groups excluding carboxylic acids is 1. The number of carboxylic acid groups (broad SMARTS) is 1. The molecule has 0 radical (unpaired) electrons. The molecule has 2 aromatic carbocycles. The van der Waals surface area contributed by atoms with Crippen LogP contribution < -0.4 is 15.2 Å². The van der Waals surface area contributed by atoms with E-state index < -0.39 is 11.9 Å². The molecule has 0 aromatic heterocycles. The van der Waals surface area contributed by atoms with Crippen LogP contribution in [0, 0.1) is 5.92 Å². The van der Waals surface area contributed by atoms with Gasteiger partial charge in [-0.3, -0.25) is 0 Å². The number of benzene rings is 2. The molecule has 1 N–H and O–H groups in total. The number of hydrogen-bond donors (Lipinski definition) is 1. The average Bonchev–Trinajstić information content (AvgIpc) is 2.47. The number of nitrogens with one attached hydrogen (secondary N) is 1. The summed E-state index contributed by atoms with van der Waals surface area (Å²) in [6.07, 6.45) is 0. The molecule has 1 unspecified atom stereocenters. The Balaban J connectivity index is 1.91. The van der Waals surface area contributed by atoms with Crippen LogP contribution in [0.25, 0.3) is 0 Å². The van der Waals surface area contributed by atoms with Crippen molar-refractivity contribution < 1.29 is 14.6 Å². The van der Waals surface area contributed by atoms with Crippen molar-refractivity contribution >= 4 is 11.7 Å². The van der Waals surface area contributed by atoms with Gasteiger partial charge >= 0.3 is 0 Å². The number of para-hydroxylation sites is 1. The van der Waals surface area contributed by atoms with E-state index in [1.54, 1.807) is 6.92 Å². The van der Waals surface area contributed by atoms with Gasteiger partial charge in [-0.2, -0.15) is 0 Å². The van der Waals surface area contributed by atoms with Crippen molar-refractivity contribution in [3.05, 3.63) is 54.6 Å². The number of carbonyl (C=O) groups is 1. The van der Waals surface area contributed by atoms with Crippen LogP contribution in [0.2, 0.25) is 0 Å². The van der Waals surface area contributed by atoms with Crippen LogP contribution in [-0.4, -0.2) is 12.5 Å². The Labute approximate surface area is 118 Å². The third kappa shape index (κ3) is 4.02. The zero-order valence-electron chi connectivity index (χ0n) is 11.2. The van der Waals surface area contributed by atoms with Crippen LogP contribution in [-0.2, 0) is 4.79 Å². The second kappa shape index (κ2) is 6.61. The quantitative estimate of drug-likeness (QED) is 0.874. The van der Waals surface area contributed by atoms with Crippen LogP contribution in [0.15, 0.2) is 54.6 Å². The molecule has 0 saturated carbocycles. The Morgan fingerprint density at radius 2 is 1.70 bits per heavy atom. The summed E-state index contributed by atoms with van der Waals surface area (Å²) in [6.45, 7) is 1.94. The lowest BCUT2D eigenvalue weighted by molar-refractivity contribution is -0.310. The highest BCUT2D eigenvalue weighted by Gasteiger charge is 2.02. The number of ether oxygens (including phenoxy) is 1. The molecule has 4 heteroatoms. The van der Waals surface area contributed by atoms with Crippen molar-refractivity contribution in [2.75, 3.05) is 11.9 Å². The van der Waals surface area contributed by atoms with Gasteiger partial charge < -0.3 is 20.0 Å². The SMILES string of the molecule is CC(CNc1ccc(Oc2ccccc2)cc1)C(=O)[O-]. The first-order chi connectivity index (χ1) is 9.65. The molecule has 0 aliphatic heterocycles. The van der Waals surface area contributed by atoms with Crippen LogP contribution in [0.5, 0.6) is 11.5 Å². The molecule has 104 valence electrons. The van der Waals surface area contributed by atoms with Gasteiger partial charge in [-0.25, -0.2) is 0 Å². The highest BCUT2D eigenvalue weighted by molar-refractivity contribution is 5.68. The van der Waals surface area contributed by atoms with Crippen molar-refractivity contribution in [2.45, 2.75) is 6.92 Å². The minimum absolute atomic E-state index is 0.335. The maximum atomic E-state index is 10.6. The summed E-state index contributed by atoms with van der Waals surface area (Å²) in [6, 6.07) is 16.9. The fourth-order valence-electron chi connectivity index (χ4n) is 1.62. The molecule has 20 heavy (non-hydrogen) atoms. The van der Waals surface area contributed by atoms with Crippen molar-refractivity contribution in [1.82, 2.24) is 0 Å². The largest absolute Gasteiger partial charge is 0.550 e. The lowest BCUT2D eigenvalue weighted by Crippen LogP contribution is -2.33. The first kappa shape index (κ1) is 13.9. The second-order valence-corrected chi connectivity index (χ2v) is 4.54. The molecule has 1 atom stereocenters. The van der Waals surface area contributed by atoms with Crippen LogP contribution >= 0.6 is 0 Å². The van der Waals surface area contributed by atoms with E-state index in [4.69, 9.17) is 4.74 Å². The highest BCUT2D eigenvalue weighted by Crippen LogP contribution is 2.22. The van der Waals surface area contributed by atoms with E-state index in [0.717, 1.165) is 17.2 Å². The third-order valence-electron chi connectivity index (χ3n) is 2.85. The molecular formula is C16H16NO3-. The fraction of sp³-hybridized carbons (Fsp3) is 0.188. The molecule has 4 nitrogen and oxygen atoms in total. The molecule has 0 aliphatic carbocycles. The predicted octanol–water partition coefficient (Wildman–Crippen LogP) is 2.28. The molecule has 0 fully saturated rings. The normalized spacial score (nSPS) is 11.7. The fourth-order valence-corrected chi connectivity index (χ4v) is 1.62. The molecular weight excluding hydrogens is 254 g/mol. The third-order valence-corrected chi connectivity index (χ3v) is 2.85. The maximum Gasteiger partial charge on any atom is 0.127 e. The summed E-state index contributed by atoms with van der Waals surface area (Å²) in [4.78, 5) is 10.6. The van der Waals surface area contributed by atoms with Gasteiger partial charge in [-0.05, 0) is 36.4 Å². The number of rotatable bonds is 6. The van der Waals surface area contributed by atoms with Gasteiger partial charge in [0.25, 0.3) is 0 Å². The summed E-state index contributed by atoms with van der Waals surface area (Å²) in [5.41, 5.74) is 0.846. The van der Waals surface area contributed by atoms with Gasteiger partial charge in [0, 0.05) is 24.1 Å². The van der Waals surface area contributed by atoms with Gasteiger partial charge in [0.15, 0.2) is 0 Å². The monoisotopic (exact) mass is 270 g/mol. The predicted molar refractivity (Wildman–Crippen MR) is 75.6 cm³/mol. The van der Waals surface area contributed by atoms with Gasteiger partial charge in [-0.1, -0.05) is 25.1 Å². The first-order valence-electron chi connectivity index (χ1n) is 6.43. The molecule has 0 bridgehead atoms. The van der Waals surface area contributed by atoms with Crippen LogP contribution in [0.4, 0.5) is 5.69 Å². The van der Waals surface area contributed by atoms with Crippen molar-refractivity contribution in [2.24, 2.45) is 5.92 Å². The molecule has 2 rings (SSSR count). The minimum Gasteiger partial charge on any atom is -0.550 e. The molecule has 0 heterocycles. The lowest BCUT2D eigenvalue weighted by atomic mass is 10.2. The Morgan fingerprint density at radius 3 is 2.30 bits per heavy atom. The van der Waals surface area contributed by atoms with Gasteiger partial charge in [0.05, 0.1) is 0 Å². The molecule has 2 aromatic rings. The van der Waals surface area contributed by atoms with Crippen LogP contribution in [0.1, 0.15) is 6.92 Å². The van der Waals surface area contributed by atoms with E-state index in [1.165, 1.54) is 0 Å². The number of anilines is 1. The Bertz CT molecular complexity index is 552. The minimum atomic E-state index is -1.05.